The number of nitrogens with zero attached hydrogens (tertiary/aromatic N) is 2. The van der Waals surface area contributed by atoms with E-state index in [4.69, 9.17) is 9.47 Å². The van der Waals surface area contributed by atoms with E-state index in [-0.39, 0.29) is 23.1 Å². The molecule has 0 unspecified atom stereocenters. The molecule has 2 aromatic rings. The molecule has 2 N–H and O–H groups in total. The summed E-state index contributed by atoms with van der Waals surface area (Å²) in [4.78, 5) is 28.0. The fourth-order valence-corrected chi connectivity index (χ4v) is 3.24. The maximum atomic E-state index is 12.1. The molecule has 0 aliphatic rings. The Morgan fingerprint density at radius 1 is 1.26 bits per heavy atom. The third-order valence-electron chi connectivity index (χ3n) is 3.68. The van der Waals surface area contributed by atoms with E-state index in [2.05, 4.69) is 10.3 Å². The van der Waals surface area contributed by atoms with Crippen molar-refractivity contribution in [3.63, 3.8) is 0 Å². The molecule has 0 spiro atoms. The van der Waals surface area contributed by atoms with Crippen LogP contribution in [0.2, 0.25) is 0 Å². The number of amides is 1. The lowest BCUT2D eigenvalue weighted by molar-refractivity contribution is -0.118. The molecule has 0 aliphatic carbocycles. The SMILES string of the molecule is CCCn1c(SCC(=O)NCc2ccc(OC)c(OC)c2)nc(O)cc1=O. The van der Waals surface area contributed by atoms with E-state index in [1.54, 1.807) is 26.4 Å². The van der Waals surface area contributed by atoms with Gasteiger partial charge in [0.15, 0.2) is 16.7 Å². The molecule has 0 aliphatic heterocycles. The van der Waals surface area contributed by atoms with Crippen LogP contribution in [0.4, 0.5) is 0 Å². The predicted octanol–water partition coefficient (Wildman–Crippen LogP) is 1.78. The van der Waals surface area contributed by atoms with Crippen molar-refractivity contribution in [3.8, 4) is 17.4 Å². The third-order valence-corrected chi connectivity index (χ3v) is 4.65. The summed E-state index contributed by atoms with van der Waals surface area (Å²) in [5.41, 5.74) is 0.530. The maximum absolute atomic E-state index is 12.1. The third kappa shape index (κ3) is 5.65. The number of aromatic nitrogens is 2. The molecular formula is C18H23N3O5S. The van der Waals surface area contributed by atoms with Crippen LogP contribution in [0.5, 0.6) is 17.4 Å². The Hall–Kier alpha value is -2.68. The molecule has 0 atom stereocenters. The minimum atomic E-state index is -0.347. The fraction of sp³-hybridized carbons (Fsp3) is 0.389. The molecule has 8 nitrogen and oxygen atoms in total. The van der Waals surface area contributed by atoms with Crippen LogP contribution < -0.4 is 20.3 Å². The average Bonchev–Trinajstić information content (AvgIpc) is 2.66. The number of carbonyl (C=O) groups excluding carboxylic acids is 1. The molecule has 146 valence electrons. The number of benzene rings is 1. The van der Waals surface area contributed by atoms with Gasteiger partial charge >= 0.3 is 0 Å². The summed E-state index contributed by atoms with van der Waals surface area (Å²) in [6, 6.07) is 6.47. The molecule has 1 heterocycles. The van der Waals surface area contributed by atoms with Gasteiger partial charge in [-0.15, -0.1) is 0 Å². The van der Waals surface area contributed by atoms with Crippen molar-refractivity contribution in [2.24, 2.45) is 0 Å². The summed E-state index contributed by atoms with van der Waals surface area (Å²) < 4.78 is 11.9. The topological polar surface area (TPSA) is 103 Å². The van der Waals surface area contributed by atoms with E-state index in [9.17, 15) is 14.7 Å². The van der Waals surface area contributed by atoms with Gasteiger partial charge in [0.2, 0.25) is 11.8 Å². The number of hydrogen-bond donors (Lipinski definition) is 2. The van der Waals surface area contributed by atoms with E-state index in [0.717, 1.165) is 29.8 Å². The number of carbonyl (C=O) groups is 1. The molecular weight excluding hydrogens is 370 g/mol. The van der Waals surface area contributed by atoms with Crippen molar-refractivity contribution in [1.82, 2.24) is 14.9 Å². The quantitative estimate of drug-likeness (QED) is 0.494. The average molecular weight is 393 g/mol. The van der Waals surface area contributed by atoms with Crippen molar-refractivity contribution >= 4 is 17.7 Å². The van der Waals surface area contributed by atoms with Crippen LogP contribution in [0.1, 0.15) is 18.9 Å². The molecule has 0 saturated carbocycles. The highest BCUT2D eigenvalue weighted by molar-refractivity contribution is 7.99. The van der Waals surface area contributed by atoms with Crippen molar-refractivity contribution in [2.75, 3.05) is 20.0 Å². The predicted molar refractivity (Wildman–Crippen MR) is 103 cm³/mol. The van der Waals surface area contributed by atoms with E-state index < -0.39 is 0 Å². The largest absolute Gasteiger partial charge is 0.493 e. The summed E-state index contributed by atoms with van der Waals surface area (Å²) in [7, 11) is 3.11. The number of hydrogen-bond acceptors (Lipinski definition) is 7. The van der Waals surface area contributed by atoms with Crippen LogP contribution in [-0.2, 0) is 17.9 Å². The zero-order valence-electron chi connectivity index (χ0n) is 15.5. The van der Waals surface area contributed by atoms with Crippen molar-refractivity contribution < 1.29 is 19.4 Å². The second-order valence-corrected chi connectivity index (χ2v) is 6.58. The van der Waals surface area contributed by atoms with Gasteiger partial charge in [-0.3, -0.25) is 14.2 Å². The number of ether oxygens (including phenoxy) is 2. The Balaban J connectivity index is 1.96. The van der Waals surface area contributed by atoms with Gasteiger partial charge in [-0.1, -0.05) is 24.8 Å². The zero-order valence-corrected chi connectivity index (χ0v) is 16.3. The Labute approximate surface area is 161 Å². The lowest BCUT2D eigenvalue weighted by atomic mass is 10.2. The minimum absolute atomic E-state index is 0.0763. The first kappa shape index (κ1) is 20.6. The molecule has 0 bridgehead atoms. The number of rotatable bonds is 9. The lowest BCUT2D eigenvalue weighted by Crippen LogP contribution is -2.26. The zero-order chi connectivity index (χ0) is 19.8. The summed E-state index contributed by atoms with van der Waals surface area (Å²) in [6.45, 7) is 2.74. The van der Waals surface area contributed by atoms with Gasteiger partial charge in [-0.05, 0) is 24.1 Å². The minimum Gasteiger partial charge on any atom is -0.493 e. The Bertz CT molecular complexity index is 853. The van der Waals surface area contributed by atoms with Gasteiger partial charge < -0.3 is 19.9 Å². The van der Waals surface area contributed by atoms with Crippen LogP contribution >= 0.6 is 11.8 Å². The Morgan fingerprint density at radius 3 is 2.67 bits per heavy atom. The molecule has 1 aromatic carbocycles. The van der Waals surface area contributed by atoms with E-state index in [0.29, 0.717) is 29.7 Å². The molecule has 0 radical (unpaired) electrons. The number of aromatic hydroxyl groups is 1. The molecule has 27 heavy (non-hydrogen) atoms. The monoisotopic (exact) mass is 393 g/mol. The van der Waals surface area contributed by atoms with Crippen molar-refractivity contribution in [2.45, 2.75) is 31.6 Å². The Kier molecular flexibility index (Phi) is 7.54. The molecule has 2 rings (SSSR count). The lowest BCUT2D eigenvalue weighted by Gasteiger charge is -2.11. The standard InChI is InChI=1S/C18H23N3O5S/c1-4-7-21-17(24)9-15(22)20-18(21)27-11-16(23)19-10-12-5-6-13(25-2)14(8-12)26-3/h5-6,8-9,22H,4,7,10-11H2,1-3H3,(H,19,23). The van der Waals surface area contributed by atoms with Gasteiger partial charge in [0.05, 0.1) is 26.0 Å². The summed E-state index contributed by atoms with van der Waals surface area (Å²) >= 11 is 1.11. The summed E-state index contributed by atoms with van der Waals surface area (Å²) in [5, 5.41) is 12.7. The van der Waals surface area contributed by atoms with Crippen LogP contribution in [-0.4, -0.2) is 40.5 Å². The number of thioether (sulfide) groups is 1. The number of nitrogens with one attached hydrogen (secondary N) is 1. The molecule has 0 saturated heterocycles. The van der Waals surface area contributed by atoms with Gasteiger partial charge in [0.1, 0.15) is 0 Å². The first-order chi connectivity index (χ1) is 13.0. The normalized spacial score (nSPS) is 10.5. The van der Waals surface area contributed by atoms with Crippen molar-refractivity contribution in [1.29, 1.82) is 0 Å². The second-order valence-electron chi connectivity index (χ2n) is 5.64. The summed E-state index contributed by atoms with van der Waals surface area (Å²) in [6.07, 6.45) is 0.741. The van der Waals surface area contributed by atoms with Gasteiger partial charge in [0.25, 0.3) is 5.56 Å². The maximum Gasteiger partial charge on any atom is 0.257 e. The van der Waals surface area contributed by atoms with E-state index in [1.807, 2.05) is 13.0 Å². The highest BCUT2D eigenvalue weighted by Crippen LogP contribution is 2.27. The molecule has 1 amide bonds. The van der Waals surface area contributed by atoms with Gasteiger partial charge in [0, 0.05) is 13.1 Å². The highest BCUT2D eigenvalue weighted by atomic mass is 32.2. The smallest absolute Gasteiger partial charge is 0.257 e. The van der Waals surface area contributed by atoms with Gasteiger partial charge in [-0.25, -0.2) is 0 Å². The molecule has 9 heteroatoms. The van der Waals surface area contributed by atoms with Crippen LogP contribution in [0.25, 0.3) is 0 Å². The first-order valence-corrected chi connectivity index (χ1v) is 9.38. The second kappa shape index (κ2) is 9.86. The van der Waals surface area contributed by atoms with Crippen LogP contribution in [0, 0.1) is 0 Å². The fourth-order valence-electron chi connectivity index (χ4n) is 2.39. The van der Waals surface area contributed by atoms with Crippen LogP contribution in [0.3, 0.4) is 0 Å². The molecule has 0 fully saturated rings. The van der Waals surface area contributed by atoms with Gasteiger partial charge in [-0.2, -0.15) is 4.98 Å². The van der Waals surface area contributed by atoms with E-state index >= 15 is 0 Å². The highest BCUT2D eigenvalue weighted by Gasteiger charge is 2.11. The summed E-state index contributed by atoms with van der Waals surface area (Å²) in [5.74, 6) is 0.724. The Morgan fingerprint density at radius 2 is 2.00 bits per heavy atom. The number of methoxy groups -OCH3 is 2. The van der Waals surface area contributed by atoms with Crippen molar-refractivity contribution in [3.05, 3.63) is 40.2 Å². The van der Waals surface area contributed by atoms with Crippen LogP contribution in [0.15, 0.2) is 34.2 Å². The first-order valence-electron chi connectivity index (χ1n) is 8.39. The van der Waals surface area contributed by atoms with E-state index in [1.165, 1.54) is 4.57 Å². The molecule has 1 aromatic heterocycles.